The largest absolute Gasteiger partial charge is 0.573 e. The molecule has 0 N–H and O–H groups in total. The molecule has 0 bridgehead atoms. The van der Waals surface area contributed by atoms with Gasteiger partial charge in [-0.2, -0.15) is 0 Å². The van der Waals surface area contributed by atoms with Crippen molar-refractivity contribution in [2.45, 2.75) is 32.8 Å². The monoisotopic (exact) mass is 418 g/mol. The van der Waals surface area contributed by atoms with Crippen LogP contribution in [0.15, 0.2) is 55.1 Å². The fourth-order valence-electron chi connectivity index (χ4n) is 2.94. The van der Waals surface area contributed by atoms with Crippen LogP contribution in [0.25, 0.3) is 11.3 Å². The molecule has 2 heterocycles. The number of ether oxygens (including phenoxy) is 1. The van der Waals surface area contributed by atoms with Crippen molar-refractivity contribution in [1.82, 2.24) is 19.4 Å². The Bertz CT molecular complexity index is 1030. The van der Waals surface area contributed by atoms with Crippen molar-refractivity contribution in [1.29, 1.82) is 0 Å². The van der Waals surface area contributed by atoms with Gasteiger partial charge in [-0.3, -0.25) is 9.78 Å². The molecule has 2 aromatic heterocycles. The normalized spacial score (nSPS) is 11.6. The molecule has 0 spiro atoms. The van der Waals surface area contributed by atoms with Crippen LogP contribution in [0.3, 0.4) is 0 Å². The standard InChI is InChI=1S/C21H21F3N4O2/c1-14(2)28(20(29)19-12-27(3)13-26-19)11-15-7-8-25-18(9-15)16-5-4-6-17(10-16)30-21(22,23)24/h4-10,12-14H,11H2,1-3H3. The van der Waals surface area contributed by atoms with Gasteiger partial charge < -0.3 is 14.2 Å². The topological polar surface area (TPSA) is 60.3 Å². The lowest BCUT2D eigenvalue weighted by Crippen LogP contribution is -2.36. The number of hydrogen-bond donors (Lipinski definition) is 0. The maximum atomic E-state index is 12.8. The van der Waals surface area contributed by atoms with Gasteiger partial charge in [0.2, 0.25) is 0 Å². The van der Waals surface area contributed by atoms with Crippen molar-refractivity contribution in [3.05, 3.63) is 66.4 Å². The minimum absolute atomic E-state index is 0.0837. The molecule has 3 rings (SSSR count). The molecule has 0 aliphatic rings. The van der Waals surface area contributed by atoms with Gasteiger partial charge in [-0.1, -0.05) is 12.1 Å². The number of halogens is 3. The van der Waals surface area contributed by atoms with Gasteiger partial charge in [-0.25, -0.2) is 4.98 Å². The second kappa shape index (κ2) is 8.56. The highest BCUT2D eigenvalue weighted by Crippen LogP contribution is 2.27. The molecule has 0 atom stereocenters. The van der Waals surface area contributed by atoms with Crippen molar-refractivity contribution in [3.8, 4) is 17.0 Å². The van der Waals surface area contributed by atoms with Crippen molar-refractivity contribution in [2.75, 3.05) is 0 Å². The van der Waals surface area contributed by atoms with Crippen molar-refractivity contribution >= 4 is 5.91 Å². The van der Waals surface area contributed by atoms with Crippen LogP contribution in [-0.2, 0) is 13.6 Å². The molecule has 0 aliphatic heterocycles. The summed E-state index contributed by atoms with van der Waals surface area (Å²) in [5.41, 5.74) is 2.09. The molecular weight excluding hydrogens is 397 g/mol. The van der Waals surface area contributed by atoms with Gasteiger partial charge in [0.1, 0.15) is 11.4 Å². The highest BCUT2D eigenvalue weighted by molar-refractivity contribution is 5.92. The van der Waals surface area contributed by atoms with E-state index in [9.17, 15) is 18.0 Å². The third-order valence-corrected chi connectivity index (χ3v) is 4.35. The van der Waals surface area contributed by atoms with Crippen molar-refractivity contribution in [2.24, 2.45) is 7.05 Å². The lowest BCUT2D eigenvalue weighted by Gasteiger charge is -2.26. The van der Waals surface area contributed by atoms with Gasteiger partial charge in [-0.15, -0.1) is 13.2 Å². The van der Waals surface area contributed by atoms with Crippen LogP contribution in [0.2, 0.25) is 0 Å². The maximum absolute atomic E-state index is 12.8. The first kappa shape index (κ1) is 21.4. The minimum Gasteiger partial charge on any atom is -0.406 e. The summed E-state index contributed by atoms with van der Waals surface area (Å²) in [6.07, 6.45) is 0.0112. The number of amides is 1. The molecule has 6 nitrogen and oxygen atoms in total. The molecule has 9 heteroatoms. The van der Waals surface area contributed by atoms with E-state index in [1.165, 1.54) is 18.2 Å². The zero-order chi connectivity index (χ0) is 21.9. The van der Waals surface area contributed by atoms with Crippen molar-refractivity contribution < 1.29 is 22.7 Å². The summed E-state index contributed by atoms with van der Waals surface area (Å²) >= 11 is 0. The average Bonchev–Trinajstić information content (AvgIpc) is 3.11. The van der Waals surface area contributed by atoms with Crippen LogP contribution >= 0.6 is 0 Å². The SMILES string of the molecule is CC(C)N(Cc1ccnc(-c2cccc(OC(F)(F)F)c2)c1)C(=O)c1cn(C)cn1. The molecule has 30 heavy (non-hydrogen) atoms. The lowest BCUT2D eigenvalue weighted by atomic mass is 10.1. The van der Waals surface area contributed by atoms with Crippen molar-refractivity contribution in [3.63, 3.8) is 0 Å². The van der Waals surface area contributed by atoms with E-state index in [0.717, 1.165) is 5.56 Å². The van der Waals surface area contributed by atoms with E-state index in [4.69, 9.17) is 0 Å². The second-order valence-electron chi connectivity index (χ2n) is 7.08. The number of rotatable bonds is 6. The number of hydrogen-bond acceptors (Lipinski definition) is 4. The first-order valence-electron chi connectivity index (χ1n) is 9.22. The fourth-order valence-corrected chi connectivity index (χ4v) is 2.94. The van der Waals surface area contributed by atoms with Crippen LogP contribution in [-0.4, -0.2) is 37.7 Å². The lowest BCUT2D eigenvalue weighted by molar-refractivity contribution is -0.274. The molecule has 0 radical (unpaired) electrons. The first-order valence-corrected chi connectivity index (χ1v) is 9.22. The minimum atomic E-state index is -4.77. The third kappa shape index (κ3) is 5.37. The number of carbonyl (C=O) groups is 1. The molecule has 1 aromatic carbocycles. The highest BCUT2D eigenvalue weighted by Gasteiger charge is 2.31. The number of nitrogens with zero attached hydrogens (tertiary/aromatic N) is 4. The molecule has 3 aromatic rings. The molecule has 0 aliphatic carbocycles. The Morgan fingerprint density at radius 2 is 1.97 bits per heavy atom. The molecule has 0 fully saturated rings. The Hall–Kier alpha value is -3.36. The summed E-state index contributed by atoms with van der Waals surface area (Å²) in [5, 5.41) is 0. The van der Waals surface area contributed by atoms with Gasteiger partial charge >= 0.3 is 6.36 Å². The van der Waals surface area contributed by atoms with E-state index >= 15 is 0 Å². The molecule has 1 amide bonds. The van der Waals surface area contributed by atoms with Gasteiger partial charge in [0.05, 0.1) is 12.0 Å². The predicted octanol–water partition coefficient (Wildman–Crippen LogP) is 4.43. The molecule has 0 saturated carbocycles. The zero-order valence-electron chi connectivity index (χ0n) is 16.7. The summed E-state index contributed by atoms with van der Waals surface area (Å²) in [7, 11) is 1.79. The smallest absolute Gasteiger partial charge is 0.406 e. The van der Waals surface area contributed by atoms with E-state index in [1.54, 1.807) is 53.4 Å². The van der Waals surface area contributed by atoms with E-state index in [1.807, 2.05) is 13.8 Å². The summed E-state index contributed by atoms with van der Waals surface area (Å²) in [6, 6.07) is 9.05. The van der Waals surface area contributed by atoms with Gasteiger partial charge in [0, 0.05) is 37.6 Å². The van der Waals surface area contributed by atoms with E-state index in [2.05, 4.69) is 14.7 Å². The molecule has 158 valence electrons. The summed E-state index contributed by atoms with van der Waals surface area (Å²) in [6.45, 7) is 4.11. The van der Waals surface area contributed by atoms with Crippen LogP contribution in [0, 0.1) is 0 Å². The van der Waals surface area contributed by atoms with Gasteiger partial charge in [0.15, 0.2) is 0 Å². The predicted molar refractivity (Wildman–Crippen MR) is 105 cm³/mol. The maximum Gasteiger partial charge on any atom is 0.573 e. The number of imidazole rings is 1. The van der Waals surface area contributed by atoms with Crippen LogP contribution < -0.4 is 4.74 Å². The van der Waals surface area contributed by atoms with E-state index < -0.39 is 6.36 Å². The van der Waals surface area contributed by atoms with Gasteiger partial charge in [0.25, 0.3) is 5.91 Å². The second-order valence-corrected chi connectivity index (χ2v) is 7.08. The first-order chi connectivity index (χ1) is 14.1. The Morgan fingerprint density at radius 1 is 1.20 bits per heavy atom. The van der Waals surface area contributed by atoms with Crippen LogP contribution in [0.4, 0.5) is 13.2 Å². The summed E-state index contributed by atoms with van der Waals surface area (Å²) < 4.78 is 43.2. The number of carbonyl (C=O) groups excluding carboxylic acids is 1. The Kier molecular flexibility index (Phi) is 6.09. The van der Waals surface area contributed by atoms with Gasteiger partial charge in [-0.05, 0) is 43.7 Å². The number of pyridine rings is 1. The van der Waals surface area contributed by atoms with E-state index in [0.29, 0.717) is 23.5 Å². The quantitative estimate of drug-likeness (QED) is 0.594. The number of alkyl halides is 3. The Balaban J connectivity index is 1.84. The Labute approximate surface area is 171 Å². The van der Waals surface area contributed by atoms with E-state index in [-0.39, 0.29) is 17.7 Å². The summed E-state index contributed by atoms with van der Waals surface area (Å²) in [4.78, 5) is 22.9. The Morgan fingerprint density at radius 3 is 2.60 bits per heavy atom. The van der Waals surface area contributed by atoms with Crippen LogP contribution in [0.5, 0.6) is 5.75 Å². The third-order valence-electron chi connectivity index (χ3n) is 4.35. The molecule has 0 unspecified atom stereocenters. The zero-order valence-corrected chi connectivity index (χ0v) is 16.7. The highest BCUT2D eigenvalue weighted by atomic mass is 19.4. The number of benzene rings is 1. The number of aromatic nitrogens is 3. The fraction of sp³-hybridized carbons (Fsp3) is 0.286. The number of aryl methyl sites for hydroxylation is 1. The molecular formula is C21H21F3N4O2. The van der Waals surface area contributed by atoms with Crippen LogP contribution in [0.1, 0.15) is 29.9 Å². The average molecular weight is 418 g/mol. The molecule has 0 saturated heterocycles. The summed E-state index contributed by atoms with van der Waals surface area (Å²) in [5.74, 6) is -0.522.